The first kappa shape index (κ1) is 13.0. The molecule has 3 rings (SSSR count). The molecule has 1 aromatic heterocycles. The Morgan fingerprint density at radius 2 is 1.89 bits per heavy atom. The number of H-pyrrole nitrogens is 1. The van der Waals surface area contributed by atoms with Crippen LogP contribution in [0.25, 0.3) is 0 Å². The Labute approximate surface area is 126 Å². The molecule has 4 heteroatoms. The molecule has 1 aliphatic carbocycles. The van der Waals surface area contributed by atoms with E-state index in [2.05, 4.69) is 50.2 Å². The molecule has 2 nitrogen and oxygen atoms in total. The summed E-state index contributed by atoms with van der Waals surface area (Å²) < 4.78 is 1.89. The van der Waals surface area contributed by atoms with E-state index >= 15 is 0 Å². The normalized spacial score (nSPS) is 14.2. The number of fused-ring (bicyclic) bond motifs is 1. The van der Waals surface area contributed by atoms with Gasteiger partial charge in [-0.2, -0.15) is 0 Å². The number of benzene rings is 1. The molecule has 98 valence electrons. The molecule has 1 aliphatic rings. The van der Waals surface area contributed by atoms with Gasteiger partial charge in [0.25, 0.3) is 0 Å². The first-order chi connectivity index (χ1) is 9.22. The summed E-state index contributed by atoms with van der Waals surface area (Å²) in [6.07, 6.45) is 5.48. The average Bonchev–Trinajstić information content (AvgIpc) is 2.42. The minimum atomic E-state index is 0.792. The van der Waals surface area contributed by atoms with Crippen LogP contribution in [0.3, 0.4) is 0 Å². The van der Waals surface area contributed by atoms with Crippen molar-refractivity contribution >= 4 is 28.1 Å². The van der Waals surface area contributed by atoms with Crippen molar-refractivity contribution in [3.8, 4) is 0 Å². The molecule has 0 atom stereocenters. The lowest BCUT2D eigenvalue weighted by Gasteiger charge is -2.16. The second-order valence-corrected chi connectivity index (χ2v) is 6.26. The zero-order chi connectivity index (χ0) is 13.2. The molecular weight excluding hydrogens is 320 g/mol. The molecule has 0 radical (unpaired) electrons. The van der Waals surface area contributed by atoms with Gasteiger partial charge in [-0.15, -0.1) is 0 Å². The summed E-state index contributed by atoms with van der Waals surface area (Å²) in [6.45, 7) is 0. The molecule has 2 aromatic rings. The van der Waals surface area contributed by atoms with Gasteiger partial charge in [0.1, 0.15) is 10.5 Å². The molecule has 0 saturated carbocycles. The number of halogens is 1. The maximum absolute atomic E-state index is 5.42. The van der Waals surface area contributed by atoms with Gasteiger partial charge in [-0.25, -0.2) is 4.98 Å². The maximum atomic E-state index is 5.42. The Morgan fingerprint density at radius 3 is 2.68 bits per heavy atom. The van der Waals surface area contributed by atoms with Gasteiger partial charge in [-0.1, -0.05) is 40.3 Å². The van der Waals surface area contributed by atoms with Crippen LogP contribution in [0.4, 0.5) is 0 Å². The highest BCUT2D eigenvalue weighted by molar-refractivity contribution is 9.10. The van der Waals surface area contributed by atoms with E-state index in [1.165, 1.54) is 29.7 Å². The molecule has 0 saturated heterocycles. The Kier molecular flexibility index (Phi) is 3.80. The Hall–Kier alpha value is -1.00. The number of hydrogen-bond acceptors (Lipinski definition) is 2. The lowest BCUT2D eigenvalue weighted by atomic mass is 9.97. The van der Waals surface area contributed by atoms with E-state index in [1.54, 1.807) is 0 Å². The summed E-state index contributed by atoms with van der Waals surface area (Å²) >= 11 is 8.88. The fourth-order valence-corrected chi connectivity index (χ4v) is 3.15. The van der Waals surface area contributed by atoms with E-state index in [0.29, 0.717) is 0 Å². The van der Waals surface area contributed by atoms with Gasteiger partial charge in [-0.3, -0.25) is 0 Å². The van der Waals surface area contributed by atoms with Gasteiger partial charge in [0, 0.05) is 22.2 Å². The summed E-state index contributed by atoms with van der Waals surface area (Å²) in [5.41, 5.74) is 3.82. The fraction of sp³-hybridized carbons (Fsp3) is 0.333. The lowest BCUT2D eigenvalue weighted by Crippen LogP contribution is -2.10. The number of nitrogens with one attached hydrogen (secondary N) is 1. The van der Waals surface area contributed by atoms with Crippen LogP contribution in [-0.2, 0) is 19.3 Å². The minimum absolute atomic E-state index is 0.792. The van der Waals surface area contributed by atoms with Crippen molar-refractivity contribution in [1.29, 1.82) is 0 Å². The molecule has 1 aromatic carbocycles. The highest BCUT2D eigenvalue weighted by Gasteiger charge is 2.13. The van der Waals surface area contributed by atoms with Gasteiger partial charge >= 0.3 is 0 Å². The number of aryl methyl sites for hydroxylation is 1. The average molecular weight is 335 g/mol. The Bertz CT molecular complexity index is 646. The van der Waals surface area contributed by atoms with Crippen molar-refractivity contribution in [2.75, 3.05) is 0 Å². The molecule has 1 heterocycles. The first-order valence-corrected chi connectivity index (χ1v) is 7.78. The van der Waals surface area contributed by atoms with Crippen LogP contribution in [-0.4, -0.2) is 9.97 Å². The van der Waals surface area contributed by atoms with Crippen molar-refractivity contribution < 1.29 is 0 Å². The number of hydrogen-bond donors (Lipinski definition) is 1. The van der Waals surface area contributed by atoms with E-state index in [1.807, 2.05) is 0 Å². The zero-order valence-corrected chi connectivity index (χ0v) is 13.0. The van der Waals surface area contributed by atoms with Gasteiger partial charge in [0.15, 0.2) is 0 Å². The van der Waals surface area contributed by atoms with E-state index in [0.717, 1.165) is 34.2 Å². The Balaban J connectivity index is 1.91. The van der Waals surface area contributed by atoms with E-state index < -0.39 is 0 Å². The summed E-state index contributed by atoms with van der Waals surface area (Å²) in [7, 11) is 0. The lowest BCUT2D eigenvalue weighted by molar-refractivity contribution is 0.653. The first-order valence-electron chi connectivity index (χ1n) is 6.58. The Morgan fingerprint density at radius 1 is 1.16 bits per heavy atom. The highest BCUT2D eigenvalue weighted by Crippen LogP contribution is 2.21. The van der Waals surface area contributed by atoms with Crippen LogP contribution in [0.15, 0.2) is 28.7 Å². The standard InChI is InChI=1S/C15H15BrN2S/c16-11-7-5-10(6-8-11)9-14-17-13-4-2-1-3-12(13)15(19)18-14/h5-8H,1-4,9H2,(H,17,18,19). The van der Waals surface area contributed by atoms with Gasteiger partial charge in [-0.05, 0) is 43.4 Å². The molecule has 0 aliphatic heterocycles. The summed E-state index contributed by atoms with van der Waals surface area (Å²) in [4.78, 5) is 8.03. The van der Waals surface area contributed by atoms with E-state index in [4.69, 9.17) is 12.2 Å². The van der Waals surface area contributed by atoms with E-state index in [9.17, 15) is 0 Å². The van der Waals surface area contributed by atoms with Gasteiger partial charge < -0.3 is 4.98 Å². The number of nitrogens with zero attached hydrogens (tertiary/aromatic N) is 1. The van der Waals surface area contributed by atoms with Crippen molar-refractivity contribution in [2.24, 2.45) is 0 Å². The minimum Gasteiger partial charge on any atom is -0.347 e. The largest absolute Gasteiger partial charge is 0.347 e. The fourth-order valence-electron chi connectivity index (χ4n) is 2.55. The SMILES string of the molecule is S=c1nc(Cc2ccc(Br)cc2)[nH]c2c1CCCC2. The number of rotatable bonds is 2. The predicted molar refractivity (Wildman–Crippen MR) is 83.0 cm³/mol. The molecule has 0 bridgehead atoms. The van der Waals surface area contributed by atoms with Crippen molar-refractivity contribution in [3.05, 3.63) is 56.0 Å². The van der Waals surface area contributed by atoms with Crippen molar-refractivity contribution in [2.45, 2.75) is 32.1 Å². The molecule has 1 N–H and O–H groups in total. The molecule has 0 unspecified atom stereocenters. The summed E-state index contributed by atoms with van der Waals surface area (Å²) in [5, 5.41) is 0. The second kappa shape index (κ2) is 5.55. The van der Waals surface area contributed by atoms with Crippen LogP contribution >= 0.6 is 28.1 Å². The maximum Gasteiger partial charge on any atom is 0.133 e. The quantitative estimate of drug-likeness (QED) is 0.826. The predicted octanol–water partition coefficient (Wildman–Crippen LogP) is 4.37. The number of aromatic amines is 1. The van der Waals surface area contributed by atoms with Crippen LogP contribution < -0.4 is 0 Å². The molecule has 19 heavy (non-hydrogen) atoms. The van der Waals surface area contributed by atoms with Crippen LogP contribution in [0, 0.1) is 4.64 Å². The number of aromatic nitrogens is 2. The smallest absolute Gasteiger partial charge is 0.133 e. The molecule has 0 spiro atoms. The molecular formula is C15H15BrN2S. The van der Waals surface area contributed by atoms with Crippen molar-refractivity contribution in [1.82, 2.24) is 9.97 Å². The van der Waals surface area contributed by atoms with Crippen LogP contribution in [0.5, 0.6) is 0 Å². The summed E-state index contributed by atoms with van der Waals surface area (Å²) in [5.74, 6) is 0.980. The van der Waals surface area contributed by atoms with E-state index in [-0.39, 0.29) is 0 Å². The van der Waals surface area contributed by atoms with Crippen molar-refractivity contribution in [3.63, 3.8) is 0 Å². The molecule has 0 amide bonds. The van der Waals surface area contributed by atoms with Gasteiger partial charge in [0.2, 0.25) is 0 Å². The van der Waals surface area contributed by atoms with Crippen LogP contribution in [0.1, 0.15) is 35.5 Å². The zero-order valence-electron chi connectivity index (χ0n) is 10.6. The van der Waals surface area contributed by atoms with Gasteiger partial charge in [0.05, 0.1) is 0 Å². The third-order valence-electron chi connectivity index (χ3n) is 3.54. The monoisotopic (exact) mass is 334 g/mol. The molecule has 0 fully saturated rings. The third-order valence-corrected chi connectivity index (χ3v) is 4.41. The highest BCUT2D eigenvalue weighted by atomic mass is 79.9. The topological polar surface area (TPSA) is 28.7 Å². The third kappa shape index (κ3) is 2.95. The summed E-state index contributed by atoms with van der Waals surface area (Å²) in [6, 6.07) is 8.34. The van der Waals surface area contributed by atoms with Crippen LogP contribution in [0.2, 0.25) is 0 Å². The second-order valence-electron chi connectivity index (χ2n) is 4.96.